The molecule has 0 aliphatic carbocycles. The Morgan fingerprint density at radius 3 is 3.04 bits per heavy atom. The first-order valence-electron chi connectivity index (χ1n) is 8.59. The molecule has 1 aliphatic rings. The Balaban J connectivity index is 1.54. The smallest absolute Gasteiger partial charge is 0.272 e. The number of amides is 1. The number of ether oxygens (including phenoxy) is 1. The van der Waals surface area contributed by atoms with E-state index < -0.39 is 0 Å². The number of imidazole rings is 1. The molecule has 8 nitrogen and oxygen atoms in total. The summed E-state index contributed by atoms with van der Waals surface area (Å²) in [6.45, 7) is 0.408. The van der Waals surface area contributed by atoms with Gasteiger partial charge in [0.2, 0.25) is 0 Å². The third-order valence-corrected chi connectivity index (χ3v) is 5.49. The highest BCUT2D eigenvalue weighted by molar-refractivity contribution is 9.10. The number of anilines is 1. The molecular weight excluding hydrogens is 424 g/mol. The number of rotatable bonds is 2. The molecule has 28 heavy (non-hydrogen) atoms. The van der Waals surface area contributed by atoms with Gasteiger partial charge in [-0.15, -0.1) is 0 Å². The maximum Gasteiger partial charge on any atom is 0.272 e. The summed E-state index contributed by atoms with van der Waals surface area (Å²) in [7, 11) is 1.76. The zero-order valence-electron chi connectivity index (χ0n) is 14.8. The molecule has 0 saturated heterocycles. The maximum absolute atomic E-state index is 13.1. The van der Waals surface area contributed by atoms with Crippen LogP contribution >= 0.6 is 15.9 Å². The minimum Gasteiger partial charge on any atom is -0.491 e. The molecule has 0 spiro atoms. The number of aromatic nitrogens is 4. The average molecular weight is 439 g/mol. The Morgan fingerprint density at radius 2 is 2.18 bits per heavy atom. The number of nitrogen functional groups attached to an aromatic ring is 1. The van der Waals surface area contributed by atoms with E-state index in [-0.39, 0.29) is 11.9 Å². The topological polar surface area (TPSA) is 98.6 Å². The molecule has 0 unspecified atom stereocenters. The van der Waals surface area contributed by atoms with Gasteiger partial charge in [-0.1, -0.05) is 22.0 Å². The van der Waals surface area contributed by atoms with E-state index >= 15 is 0 Å². The van der Waals surface area contributed by atoms with Gasteiger partial charge in [0.1, 0.15) is 34.9 Å². The van der Waals surface area contributed by atoms with Gasteiger partial charge >= 0.3 is 0 Å². The van der Waals surface area contributed by atoms with Gasteiger partial charge in [0, 0.05) is 17.1 Å². The Morgan fingerprint density at radius 1 is 1.32 bits per heavy atom. The second-order valence-electron chi connectivity index (χ2n) is 6.63. The summed E-state index contributed by atoms with van der Waals surface area (Å²) < 4.78 is 8.49. The summed E-state index contributed by atoms with van der Waals surface area (Å²) in [4.78, 5) is 27.6. The number of pyridine rings is 1. The zero-order chi connectivity index (χ0) is 19.4. The Hall–Kier alpha value is -3.20. The number of nitrogens with zero attached hydrogens (tertiary/aromatic N) is 5. The first-order valence-corrected chi connectivity index (χ1v) is 9.39. The van der Waals surface area contributed by atoms with E-state index in [9.17, 15) is 4.79 Å². The molecule has 1 aliphatic heterocycles. The summed E-state index contributed by atoms with van der Waals surface area (Å²) in [5, 5.41) is 0. The second-order valence-corrected chi connectivity index (χ2v) is 7.54. The molecular formula is C19H15BrN6O2. The second kappa shape index (κ2) is 6.16. The molecule has 5 rings (SSSR count). The first kappa shape index (κ1) is 16.9. The minimum absolute atomic E-state index is 0.175. The number of carbonyl (C=O) groups is 1. The zero-order valence-corrected chi connectivity index (χ0v) is 16.4. The number of halogens is 1. The number of likely N-dealkylation sites (N-methyl/N-ethyl adjacent to an activating group) is 1. The van der Waals surface area contributed by atoms with E-state index in [4.69, 9.17) is 10.5 Å². The fraction of sp³-hybridized carbons (Fsp3) is 0.158. The average Bonchev–Trinajstić information content (AvgIpc) is 3.34. The molecule has 0 bridgehead atoms. The van der Waals surface area contributed by atoms with E-state index in [0.717, 1.165) is 21.3 Å². The van der Waals surface area contributed by atoms with Crippen LogP contribution in [0, 0.1) is 0 Å². The van der Waals surface area contributed by atoms with Crippen LogP contribution in [0.5, 0.6) is 5.75 Å². The standard InChI is InChI=1S/C19H15BrN6O2/c1-25(16-8-28-17-4-10(20)2-3-11(16)17)19(27)12-5-14-13(6-23-12)24-18(21)15-7-22-9-26(14)15/h2-7,9,16H,8H2,1H3,(H2,21,24)/t16-/m1/s1. The fourth-order valence-corrected chi connectivity index (χ4v) is 3.85. The summed E-state index contributed by atoms with van der Waals surface area (Å²) in [5.41, 5.74) is 9.27. The number of fused-ring (bicyclic) bond motifs is 4. The highest BCUT2D eigenvalue weighted by atomic mass is 79.9. The molecule has 4 heterocycles. The molecule has 3 aromatic heterocycles. The van der Waals surface area contributed by atoms with Gasteiger partial charge in [-0.3, -0.25) is 9.20 Å². The number of benzene rings is 1. The third-order valence-electron chi connectivity index (χ3n) is 5.00. The van der Waals surface area contributed by atoms with Gasteiger partial charge in [-0.2, -0.15) is 0 Å². The van der Waals surface area contributed by atoms with Crippen molar-refractivity contribution >= 4 is 44.2 Å². The Kier molecular flexibility index (Phi) is 3.73. The van der Waals surface area contributed by atoms with Crippen LogP contribution < -0.4 is 10.5 Å². The lowest BCUT2D eigenvalue weighted by Gasteiger charge is -2.23. The Bertz CT molecular complexity index is 1250. The van der Waals surface area contributed by atoms with Gasteiger partial charge in [0.15, 0.2) is 0 Å². The van der Waals surface area contributed by atoms with E-state index in [1.165, 1.54) is 0 Å². The van der Waals surface area contributed by atoms with Crippen molar-refractivity contribution in [1.82, 2.24) is 24.3 Å². The summed E-state index contributed by atoms with van der Waals surface area (Å²) in [6, 6.07) is 7.36. The molecule has 1 amide bonds. The van der Waals surface area contributed by atoms with E-state index in [1.807, 2.05) is 22.6 Å². The molecule has 0 saturated carbocycles. The number of hydrogen-bond acceptors (Lipinski definition) is 6. The number of carbonyl (C=O) groups excluding carboxylic acids is 1. The van der Waals surface area contributed by atoms with Crippen LogP contribution in [0.15, 0.2) is 47.5 Å². The predicted molar refractivity (Wildman–Crippen MR) is 107 cm³/mol. The van der Waals surface area contributed by atoms with Gasteiger partial charge in [-0.25, -0.2) is 15.0 Å². The molecule has 0 fully saturated rings. The van der Waals surface area contributed by atoms with Crippen molar-refractivity contribution in [3.8, 4) is 5.75 Å². The third kappa shape index (κ3) is 2.50. The van der Waals surface area contributed by atoms with Gasteiger partial charge < -0.3 is 15.4 Å². The highest BCUT2D eigenvalue weighted by Gasteiger charge is 2.31. The normalized spacial score (nSPS) is 15.6. The van der Waals surface area contributed by atoms with Crippen molar-refractivity contribution in [2.75, 3.05) is 19.4 Å². The van der Waals surface area contributed by atoms with E-state index in [2.05, 4.69) is 30.9 Å². The first-order chi connectivity index (χ1) is 13.5. The SMILES string of the molecule is CN(C(=O)c1cc2c(cn1)nc(N)c1cncn12)[C@@H]1COc2cc(Br)ccc21. The number of hydrogen-bond donors (Lipinski definition) is 1. The summed E-state index contributed by atoms with van der Waals surface area (Å²) >= 11 is 3.44. The lowest BCUT2D eigenvalue weighted by atomic mass is 10.1. The van der Waals surface area contributed by atoms with Gasteiger partial charge in [-0.05, 0) is 18.2 Å². The predicted octanol–water partition coefficient (Wildman–Crippen LogP) is 2.83. The van der Waals surface area contributed by atoms with Crippen LogP contribution in [0.1, 0.15) is 22.1 Å². The van der Waals surface area contributed by atoms with E-state index in [1.54, 1.807) is 36.7 Å². The van der Waals surface area contributed by atoms with Gasteiger partial charge in [0.25, 0.3) is 5.91 Å². The van der Waals surface area contributed by atoms with Crippen LogP contribution in [0.2, 0.25) is 0 Å². The molecule has 9 heteroatoms. The van der Waals surface area contributed by atoms with Crippen molar-refractivity contribution < 1.29 is 9.53 Å². The molecule has 1 aromatic carbocycles. The quantitative estimate of drug-likeness (QED) is 0.516. The van der Waals surface area contributed by atoms with Crippen molar-refractivity contribution in [3.63, 3.8) is 0 Å². The lowest BCUT2D eigenvalue weighted by Crippen LogP contribution is -2.32. The molecule has 140 valence electrons. The largest absolute Gasteiger partial charge is 0.491 e. The molecule has 1 atom stereocenters. The lowest BCUT2D eigenvalue weighted by molar-refractivity contribution is 0.0703. The van der Waals surface area contributed by atoms with Crippen molar-refractivity contribution in [2.45, 2.75) is 6.04 Å². The molecule has 2 N–H and O–H groups in total. The van der Waals surface area contributed by atoms with Crippen LogP contribution in [0.3, 0.4) is 0 Å². The fourth-order valence-electron chi connectivity index (χ4n) is 3.51. The van der Waals surface area contributed by atoms with Crippen LogP contribution in [0.25, 0.3) is 16.6 Å². The van der Waals surface area contributed by atoms with E-state index in [0.29, 0.717) is 29.2 Å². The number of nitrogens with two attached hydrogens (primary N) is 1. The van der Waals surface area contributed by atoms with Crippen LogP contribution in [-0.4, -0.2) is 43.8 Å². The maximum atomic E-state index is 13.1. The molecule has 4 aromatic rings. The summed E-state index contributed by atoms with van der Waals surface area (Å²) in [5.74, 6) is 0.954. The van der Waals surface area contributed by atoms with Crippen molar-refractivity contribution in [2.24, 2.45) is 0 Å². The van der Waals surface area contributed by atoms with Crippen LogP contribution in [-0.2, 0) is 0 Å². The summed E-state index contributed by atoms with van der Waals surface area (Å²) in [6.07, 6.45) is 4.84. The monoisotopic (exact) mass is 438 g/mol. The van der Waals surface area contributed by atoms with Crippen molar-refractivity contribution in [3.05, 3.63) is 58.7 Å². The minimum atomic E-state index is -0.198. The Labute approximate surface area is 168 Å². The highest BCUT2D eigenvalue weighted by Crippen LogP contribution is 2.37. The van der Waals surface area contributed by atoms with Crippen LogP contribution in [0.4, 0.5) is 5.82 Å². The molecule has 0 radical (unpaired) electrons. The van der Waals surface area contributed by atoms with Gasteiger partial charge in [0.05, 0.1) is 30.3 Å². The van der Waals surface area contributed by atoms with Crippen molar-refractivity contribution in [1.29, 1.82) is 0 Å².